The molecule has 1 saturated heterocycles. The fourth-order valence-electron chi connectivity index (χ4n) is 5.71. The van der Waals surface area contributed by atoms with Crippen LogP contribution in [0.3, 0.4) is 0 Å². The molecule has 1 aliphatic carbocycles. The van der Waals surface area contributed by atoms with Crippen LogP contribution in [0.2, 0.25) is 0 Å². The standard InChI is InChI=1S/C33H33BO2/c1-31(2)28-17-11-10-15-27(28)30-26(16-12-18-29(30)31)24-19-23(22-13-8-7-9-14-22)20-25(21-24)34-35-32(3,4)33(5,6)36-34/h7-21H,1-6H3. The molecule has 1 fully saturated rings. The van der Waals surface area contributed by atoms with Gasteiger partial charge in [-0.05, 0) is 83.7 Å². The predicted molar refractivity (Wildman–Crippen MR) is 151 cm³/mol. The van der Waals surface area contributed by atoms with Crippen molar-refractivity contribution in [2.45, 2.75) is 58.2 Å². The monoisotopic (exact) mass is 472 g/mol. The summed E-state index contributed by atoms with van der Waals surface area (Å²) >= 11 is 0. The largest absolute Gasteiger partial charge is 0.494 e. The van der Waals surface area contributed by atoms with E-state index in [1.807, 2.05) is 0 Å². The first-order chi connectivity index (χ1) is 17.1. The molecule has 4 aromatic carbocycles. The predicted octanol–water partition coefficient (Wildman–Crippen LogP) is 7.63. The summed E-state index contributed by atoms with van der Waals surface area (Å²) in [6.07, 6.45) is 0. The van der Waals surface area contributed by atoms with Gasteiger partial charge in [0.1, 0.15) is 0 Å². The van der Waals surface area contributed by atoms with Gasteiger partial charge in [-0.15, -0.1) is 0 Å². The molecular formula is C33H33BO2. The molecule has 1 aliphatic heterocycles. The highest BCUT2D eigenvalue weighted by Crippen LogP contribution is 2.52. The summed E-state index contributed by atoms with van der Waals surface area (Å²) in [5.41, 5.74) is 10.5. The lowest BCUT2D eigenvalue weighted by Gasteiger charge is -2.32. The molecule has 4 aromatic rings. The molecule has 180 valence electrons. The second kappa shape index (κ2) is 7.93. The Morgan fingerprint density at radius 1 is 0.528 bits per heavy atom. The average molecular weight is 472 g/mol. The average Bonchev–Trinajstić information content (AvgIpc) is 3.24. The van der Waals surface area contributed by atoms with Gasteiger partial charge in [-0.25, -0.2) is 0 Å². The van der Waals surface area contributed by atoms with Gasteiger partial charge < -0.3 is 9.31 Å². The van der Waals surface area contributed by atoms with Crippen LogP contribution in [0.5, 0.6) is 0 Å². The van der Waals surface area contributed by atoms with Gasteiger partial charge >= 0.3 is 7.12 Å². The summed E-state index contributed by atoms with van der Waals surface area (Å²) in [5, 5.41) is 0. The highest BCUT2D eigenvalue weighted by molar-refractivity contribution is 6.62. The van der Waals surface area contributed by atoms with E-state index in [9.17, 15) is 0 Å². The van der Waals surface area contributed by atoms with E-state index in [-0.39, 0.29) is 5.41 Å². The van der Waals surface area contributed by atoms with E-state index < -0.39 is 18.3 Å². The molecule has 0 amide bonds. The zero-order valence-electron chi connectivity index (χ0n) is 22.1. The Bertz CT molecular complexity index is 1450. The van der Waals surface area contributed by atoms with E-state index in [1.54, 1.807) is 0 Å². The third kappa shape index (κ3) is 3.49. The maximum atomic E-state index is 6.49. The first-order valence-corrected chi connectivity index (χ1v) is 12.9. The second-order valence-corrected chi connectivity index (χ2v) is 11.7. The van der Waals surface area contributed by atoms with Crippen LogP contribution >= 0.6 is 0 Å². The van der Waals surface area contributed by atoms with Gasteiger partial charge in [0.15, 0.2) is 0 Å². The molecule has 6 rings (SSSR count). The van der Waals surface area contributed by atoms with Gasteiger partial charge in [0, 0.05) is 5.41 Å². The Morgan fingerprint density at radius 3 is 1.83 bits per heavy atom. The molecule has 0 radical (unpaired) electrons. The van der Waals surface area contributed by atoms with E-state index >= 15 is 0 Å². The molecule has 2 aliphatic rings. The van der Waals surface area contributed by atoms with E-state index in [0.717, 1.165) is 5.46 Å². The summed E-state index contributed by atoms with van der Waals surface area (Å²) in [5.74, 6) is 0. The molecule has 1 heterocycles. The van der Waals surface area contributed by atoms with Crippen LogP contribution < -0.4 is 5.46 Å². The maximum absolute atomic E-state index is 6.49. The van der Waals surface area contributed by atoms with Crippen molar-refractivity contribution in [3.63, 3.8) is 0 Å². The topological polar surface area (TPSA) is 18.5 Å². The van der Waals surface area contributed by atoms with Crippen molar-refractivity contribution in [3.05, 3.63) is 102 Å². The van der Waals surface area contributed by atoms with Gasteiger partial charge in [0.05, 0.1) is 11.2 Å². The van der Waals surface area contributed by atoms with Gasteiger partial charge in [-0.2, -0.15) is 0 Å². The fraction of sp³-hybridized carbons (Fsp3) is 0.273. The van der Waals surface area contributed by atoms with Crippen LogP contribution in [0.15, 0.2) is 91.0 Å². The van der Waals surface area contributed by atoms with Crippen LogP contribution in [0.4, 0.5) is 0 Å². The third-order valence-electron chi connectivity index (χ3n) is 8.51. The zero-order chi connectivity index (χ0) is 25.3. The van der Waals surface area contributed by atoms with Crippen LogP contribution in [0.1, 0.15) is 52.7 Å². The summed E-state index contributed by atoms with van der Waals surface area (Å²) in [6.45, 7) is 13.1. The van der Waals surface area contributed by atoms with Crippen molar-refractivity contribution in [3.8, 4) is 33.4 Å². The SMILES string of the molecule is CC1(C)c2ccccc2-c2c(-c3cc(B4OC(C)(C)C(C)(C)O4)cc(-c4ccccc4)c3)cccc21. The summed E-state index contributed by atoms with van der Waals surface area (Å²) in [6, 6.07) is 33.0. The minimum atomic E-state index is -0.419. The first-order valence-electron chi connectivity index (χ1n) is 12.9. The normalized spacial score (nSPS) is 18.7. The molecule has 36 heavy (non-hydrogen) atoms. The highest BCUT2D eigenvalue weighted by Gasteiger charge is 2.51. The fourth-order valence-corrected chi connectivity index (χ4v) is 5.71. The Labute approximate surface area is 215 Å². The maximum Gasteiger partial charge on any atom is 0.494 e. The summed E-state index contributed by atoms with van der Waals surface area (Å²) in [7, 11) is -0.419. The summed E-state index contributed by atoms with van der Waals surface area (Å²) in [4.78, 5) is 0. The number of fused-ring (bicyclic) bond motifs is 3. The van der Waals surface area contributed by atoms with Crippen LogP contribution in [0, 0.1) is 0 Å². The molecule has 0 saturated carbocycles. The van der Waals surface area contributed by atoms with E-state index in [2.05, 4.69) is 133 Å². The van der Waals surface area contributed by atoms with Gasteiger partial charge in [0.25, 0.3) is 0 Å². The Kier molecular flexibility index (Phi) is 5.13. The van der Waals surface area contributed by atoms with Crippen LogP contribution in [-0.4, -0.2) is 18.3 Å². The number of rotatable bonds is 3. The highest BCUT2D eigenvalue weighted by atomic mass is 16.7. The van der Waals surface area contributed by atoms with Gasteiger partial charge in [0.2, 0.25) is 0 Å². The molecule has 0 spiro atoms. The van der Waals surface area contributed by atoms with Crippen molar-refractivity contribution in [1.82, 2.24) is 0 Å². The van der Waals surface area contributed by atoms with Crippen molar-refractivity contribution in [2.24, 2.45) is 0 Å². The second-order valence-electron chi connectivity index (χ2n) is 11.7. The molecule has 3 heteroatoms. The van der Waals surface area contributed by atoms with Crippen LogP contribution in [0.25, 0.3) is 33.4 Å². The lowest BCUT2D eigenvalue weighted by Crippen LogP contribution is -2.41. The van der Waals surface area contributed by atoms with Gasteiger partial charge in [-0.1, -0.05) is 98.8 Å². The molecule has 0 aromatic heterocycles. The number of hydrogen-bond donors (Lipinski definition) is 0. The Morgan fingerprint density at radius 2 is 1.11 bits per heavy atom. The molecule has 0 bridgehead atoms. The number of benzene rings is 4. The summed E-state index contributed by atoms with van der Waals surface area (Å²) < 4.78 is 13.0. The minimum absolute atomic E-state index is 0.0342. The van der Waals surface area contributed by atoms with E-state index in [4.69, 9.17) is 9.31 Å². The van der Waals surface area contributed by atoms with Gasteiger partial charge in [-0.3, -0.25) is 0 Å². The lowest BCUT2D eigenvalue weighted by molar-refractivity contribution is 0.00578. The smallest absolute Gasteiger partial charge is 0.399 e. The Hall–Kier alpha value is -3.14. The minimum Gasteiger partial charge on any atom is -0.399 e. The third-order valence-corrected chi connectivity index (χ3v) is 8.51. The van der Waals surface area contributed by atoms with E-state index in [0.29, 0.717) is 0 Å². The molecule has 0 N–H and O–H groups in total. The van der Waals surface area contributed by atoms with E-state index in [1.165, 1.54) is 44.5 Å². The van der Waals surface area contributed by atoms with Crippen molar-refractivity contribution >= 4 is 12.6 Å². The zero-order valence-corrected chi connectivity index (χ0v) is 22.1. The van der Waals surface area contributed by atoms with Crippen molar-refractivity contribution in [2.75, 3.05) is 0 Å². The molecule has 0 atom stereocenters. The van der Waals surface area contributed by atoms with Crippen molar-refractivity contribution < 1.29 is 9.31 Å². The molecule has 2 nitrogen and oxygen atoms in total. The molecule has 0 unspecified atom stereocenters. The van der Waals surface area contributed by atoms with Crippen LogP contribution in [-0.2, 0) is 14.7 Å². The first kappa shape index (κ1) is 23.3. The lowest BCUT2D eigenvalue weighted by atomic mass is 9.75. The quantitative estimate of drug-likeness (QED) is 0.286. The molecular weight excluding hydrogens is 439 g/mol. The Balaban J connectivity index is 1.57. The number of hydrogen-bond acceptors (Lipinski definition) is 2. The van der Waals surface area contributed by atoms with Crippen molar-refractivity contribution in [1.29, 1.82) is 0 Å².